The van der Waals surface area contributed by atoms with Gasteiger partial charge >= 0.3 is 0 Å². The summed E-state index contributed by atoms with van der Waals surface area (Å²) in [6.45, 7) is -0.0866. The fraction of sp³-hybridized carbons (Fsp3) is 0.235. The number of piperazine rings is 1. The Morgan fingerprint density at radius 2 is 1.70 bits per heavy atom. The highest BCUT2D eigenvalue weighted by Gasteiger charge is 2.49. The molecule has 1 aliphatic rings. The van der Waals surface area contributed by atoms with E-state index in [1.54, 1.807) is 24.3 Å². The van der Waals surface area contributed by atoms with Crippen LogP contribution in [0.1, 0.15) is 0 Å². The second-order valence-corrected chi connectivity index (χ2v) is 8.26. The van der Waals surface area contributed by atoms with Crippen molar-refractivity contribution in [1.29, 1.82) is 0 Å². The summed E-state index contributed by atoms with van der Waals surface area (Å²) in [5.74, 6) is -0.178. The van der Waals surface area contributed by atoms with Crippen molar-refractivity contribution in [1.82, 2.24) is 9.62 Å². The van der Waals surface area contributed by atoms with E-state index in [0.29, 0.717) is 20.8 Å². The number of nitrogens with two attached hydrogens (primary N) is 1. The number of rotatable bonds is 5. The van der Waals surface area contributed by atoms with E-state index < -0.39 is 21.7 Å². The lowest BCUT2D eigenvalue weighted by atomic mass is 10.1. The molecule has 144 valence electrons. The van der Waals surface area contributed by atoms with Crippen LogP contribution in [0.2, 0.25) is 5.02 Å². The predicted octanol–water partition coefficient (Wildman–Crippen LogP) is 0.900. The van der Waals surface area contributed by atoms with Crippen LogP contribution in [0.25, 0.3) is 0 Å². The van der Waals surface area contributed by atoms with Crippen molar-refractivity contribution >= 4 is 27.5 Å². The number of carbonyl (C=O) groups is 1. The normalized spacial score (nSPS) is 21.0. The number of ether oxygens (including phenoxy) is 1. The smallest absolute Gasteiger partial charge is 0.267 e. The first-order valence-corrected chi connectivity index (χ1v) is 9.84. The van der Waals surface area contributed by atoms with Gasteiger partial charge in [0.15, 0.2) is 0 Å². The lowest BCUT2D eigenvalue weighted by Crippen LogP contribution is -2.68. The molecular weight excluding hydrogens is 394 g/mol. The Bertz CT molecular complexity index is 934. The summed E-state index contributed by atoms with van der Waals surface area (Å²) in [5, 5.41) is 13.8. The summed E-state index contributed by atoms with van der Waals surface area (Å²) in [7, 11) is -4.14. The Balaban J connectivity index is 1.84. The number of primary amides is 1. The second kappa shape index (κ2) is 7.45. The molecule has 27 heavy (non-hydrogen) atoms. The zero-order chi connectivity index (χ0) is 19.7. The Labute approximate surface area is 161 Å². The van der Waals surface area contributed by atoms with E-state index in [-0.39, 0.29) is 24.5 Å². The average Bonchev–Trinajstić information content (AvgIpc) is 2.64. The number of nitrogens with one attached hydrogen (secondary N) is 1. The highest BCUT2D eigenvalue weighted by molar-refractivity contribution is 7.89. The van der Waals surface area contributed by atoms with Gasteiger partial charge in [0.2, 0.25) is 15.7 Å². The maximum atomic E-state index is 12.9. The van der Waals surface area contributed by atoms with Gasteiger partial charge in [-0.15, -0.1) is 0 Å². The van der Waals surface area contributed by atoms with Crippen LogP contribution < -0.4 is 15.8 Å². The second-order valence-electron chi connectivity index (χ2n) is 5.96. The van der Waals surface area contributed by atoms with E-state index in [0.717, 1.165) is 0 Å². The van der Waals surface area contributed by atoms with E-state index in [1.165, 1.54) is 24.3 Å². The lowest BCUT2D eigenvalue weighted by molar-refractivity contribution is -0.151. The molecule has 10 heteroatoms. The Hall–Kier alpha value is -2.17. The van der Waals surface area contributed by atoms with Gasteiger partial charge in [0, 0.05) is 24.7 Å². The molecule has 2 aromatic carbocycles. The van der Waals surface area contributed by atoms with E-state index >= 15 is 0 Å². The van der Waals surface area contributed by atoms with Crippen LogP contribution in [0.15, 0.2) is 53.4 Å². The van der Waals surface area contributed by atoms with Crippen molar-refractivity contribution in [3.05, 3.63) is 53.6 Å². The van der Waals surface area contributed by atoms with Gasteiger partial charge in [-0.05, 0) is 48.5 Å². The number of halogens is 1. The Morgan fingerprint density at radius 1 is 1.15 bits per heavy atom. The average molecular weight is 412 g/mol. The monoisotopic (exact) mass is 411 g/mol. The molecule has 0 radical (unpaired) electrons. The number of sulfonamides is 1. The van der Waals surface area contributed by atoms with Gasteiger partial charge in [0.25, 0.3) is 5.91 Å². The predicted molar refractivity (Wildman–Crippen MR) is 98.9 cm³/mol. The zero-order valence-electron chi connectivity index (χ0n) is 14.1. The minimum Gasteiger partial charge on any atom is -0.457 e. The van der Waals surface area contributed by atoms with Crippen LogP contribution in [-0.4, -0.2) is 49.1 Å². The standard InChI is InChI=1S/C17H18ClN3O5S/c18-12-1-3-13(4-2-12)26-14-5-7-15(8-6-14)27(24,25)21-10-9-20-11-17(21,23)16(19)22/h1-8,20,23H,9-11H2,(H2,19,22). The molecule has 3 rings (SSSR count). The number of aliphatic hydroxyl groups is 1. The van der Waals surface area contributed by atoms with Gasteiger partial charge in [-0.3, -0.25) is 4.79 Å². The SMILES string of the molecule is NC(=O)C1(O)CNCCN1S(=O)(=O)c1ccc(Oc2ccc(Cl)cc2)cc1. The van der Waals surface area contributed by atoms with Crippen LogP contribution in [0.3, 0.4) is 0 Å². The summed E-state index contributed by atoms with van der Waals surface area (Å²) in [6, 6.07) is 12.3. The van der Waals surface area contributed by atoms with Gasteiger partial charge < -0.3 is 20.9 Å². The molecule has 0 spiro atoms. The Kier molecular flexibility index (Phi) is 5.41. The molecule has 4 N–H and O–H groups in total. The van der Waals surface area contributed by atoms with Crippen LogP contribution in [0, 0.1) is 0 Å². The van der Waals surface area contributed by atoms with Crippen molar-refractivity contribution < 1.29 is 23.1 Å². The highest BCUT2D eigenvalue weighted by Crippen LogP contribution is 2.28. The molecule has 1 saturated heterocycles. The van der Waals surface area contributed by atoms with Gasteiger partial charge in [-0.25, -0.2) is 8.42 Å². The molecular formula is C17H18ClN3O5S. The van der Waals surface area contributed by atoms with Gasteiger partial charge in [-0.2, -0.15) is 4.31 Å². The molecule has 1 amide bonds. The van der Waals surface area contributed by atoms with Crippen molar-refractivity contribution in [2.75, 3.05) is 19.6 Å². The van der Waals surface area contributed by atoms with E-state index in [1.807, 2.05) is 0 Å². The fourth-order valence-corrected chi connectivity index (χ4v) is 4.44. The van der Waals surface area contributed by atoms with E-state index in [2.05, 4.69) is 5.32 Å². The summed E-state index contributed by atoms with van der Waals surface area (Å²) in [4.78, 5) is 11.6. The number of benzene rings is 2. The minimum atomic E-state index is -4.14. The van der Waals surface area contributed by atoms with Crippen molar-refractivity contribution in [2.45, 2.75) is 10.6 Å². The highest BCUT2D eigenvalue weighted by atomic mass is 35.5. The number of β-amino-alcohol motifs (C(OH)–C–C–N with tert-alkyl or cyclic N) is 1. The number of carbonyl (C=O) groups excluding carboxylic acids is 1. The maximum Gasteiger partial charge on any atom is 0.267 e. The Morgan fingerprint density at radius 3 is 2.26 bits per heavy atom. The number of hydrogen-bond donors (Lipinski definition) is 3. The third-order valence-electron chi connectivity index (χ3n) is 4.13. The maximum absolute atomic E-state index is 12.9. The number of hydrogen-bond acceptors (Lipinski definition) is 6. The van der Waals surface area contributed by atoms with Crippen LogP contribution in [-0.2, 0) is 14.8 Å². The summed E-state index contributed by atoms with van der Waals surface area (Å²) in [5.41, 5.74) is 2.90. The van der Waals surface area contributed by atoms with Gasteiger partial charge in [0.1, 0.15) is 11.5 Å². The molecule has 0 bridgehead atoms. The first-order valence-electron chi connectivity index (χ1n) is 8.03. The number of amides is 1. The molecule has 1 atom stereocenters. The van der Waals surface area contributed by atoms with E-state index in [4.69, 9.17) is 22.1 Å². The first-order chi connectivity index (χ1) is 12.7. The van der Waals surface area contributed by atoms with Crippen LogP contribution >= 0.6 is 11.6 Å². The summed E-state index contributed by atoms with van der Waals surface area (Å²) >= 11 is 5.82. The lowest BCUT2D eigenvalue weighted by Gasteiger charge is -2.39. The molecule has 1 aliphatic heterocycles. The molecule has 0 aliphatic carbocycles. The molecule has 1 unspecified atom stereocenters. The van der Waals surface area contributed by atoms with Gasteiger partial charge in [-0.1, -0.05) is 11.6 Å². The quantitative estimate of drug-likeness (QED) is 0.672. The number of nitrogens with zero attached hydrogens (tertiary/aromatic N) is 1. The molecule has 1 fully saturated rings. The van der Waals surface area contributed by atoms with Crippen molar-refractivity contribution in [2.24, 2.45) is 5.73 Å². The largest absolute Gasteiger partial charge is 0.457 e. The van der Waals surface area contributed by atoms with Gasteiger partial charge in [0.05, 0.1) is 4.90 Å². The van der Waals surface area contributed by atoms with Crippen LogP contribution in [0.5, 0.6) is 11.5 Å². The van der Waals surface area contributed by atoms with Crippen LogP contribution in [0.4, 0.5) is 0 Å². The third-order valence-corrected chi connectivity index (χ3v) is 6.32. The molecule has 2 aromatic rings. The fourth-order valence-electron chi connectivity index (χ4n) is 2.69. The summed E-state index contributed by atoms with van der Waals surface area (Å²) in [6.07, 6.45) is 0. The topological polar surface area (TPSA) is 122 Å². The molecule has 0 aromatic heterocycles. The first kappa shape index (κ1) is 19.6. The third kappa shape index (κ3) is 3.92. The molecule has 0 saturated carbocycles. The van der Waals surface area contributed by atoms with Crippen molar-refractivity contribution in [3.63, 3.8) is 0 Å². The summed E-state index contributed by atoms with van der Waals surface area (Å²) < 4.78 is 32.1. The molecule has 1 heterocycles. The zero-order valence-corrected chi connectivity index (χ0v) is 15.7. The molecule has 8 nitrogen and oxygen atoms in total. The minimum absolute atomic E-state index is 0.0902. The van der Waals surface area contributed by atoms with E-state index in [9.17, 15) is 18.3 Å². The van der Waals surface area contributed by atoms with Crippen molar-refractivity contribution in [3.8, 4) is 11.5 Å².